The number of hydrogen-bond acceptors (Lipinski definition) is 3. The highest BCUT2D eigenvalue weighted by Gasteiger charge is 2.42. The summed E-state index contributed by atoms with van der Waals surface area (Å²) >= 11 is 0. The molecular formula is C21H27N3O3. The van der Waals surface area contributed by atoms with Gasteiger partial charge in [0.05, 0.1) is 12.5 Å². The quantitative estimate of drug-likeness (QED) is 0.900. The topological polar surface area (TPSA) is 65.6 Å². The van der Waals surface area contributed by atoms with Gasteiger partial charge in [0.25, 0.3) is 5.91 Å². The van der Waals surface area contributed by atoms with Crippen LogP contribution in [0.25, 0.3) is 10.9 Å². The number of fused-ring (bicyclic) bond motifs is 5. The van der Waals surface area contributed by atoms with E-state index < -0.39 is 0 Å². The van der Waals surface area contributed by atoms with Crippen molar-refractivity contribution in [3.8, 4) is 0 Å². The van der Waals surface area contributed by atoms with Crippen molar-refractivity contribution in [1.29, 1.82) is 0 Å². The van der Waals surface area contributed by atoms with Gasteiger partial charge in [0.1, 0.15) is 5.69 Å². The van der Waals surface area contributed by atoms with Crippen molar-refractivity contribution >= 4 is 22.7 Å². The molecule has 6 heteroatoms. The molecule has 1 N–H and O–H groups in total. The summed E-state index contributed by atoms with van der Waals surface area (Å²) in [6.45, 7) is 6.28. The van der Waals surface area contributed by atoms with Crippen LogP contribution in [0.1, 0.15) is 34.5 Å². The summed E-state index contributed by atoms with van der Waals surface area (Å²) in [6.07, 6.45) is 1.82. The van der Waals surface area contributed by atoms with Crippen LogP contribution in [-0.2, 0) is 9.53 Å². The first-order chi connectivity index (χ1) is 13.0. The number of aromatic amines is 1. The lowest BCUT2D eigenvalue weighted by Crippen LogP contribution is -2.49. The third-order valence-corrected chi connectivity index (χ3v) is 6.04. The van der Waals surface area contributed by atoms with Crippen LogP contribution in [0.2, 0.25) is 0 Å². The second-order valence-corrected chi connectivity index (χ2v) is 7.84. The van der Waals surface area contributed by atoms with Gasteiger partial charge < -0.3 is 19.5 Å². The third kappa shape index (κ3) is 3.12. The number of rotatable bonds is 4. The molecule has 1 aromatic carbocycles. The van der Waals surface area contributed by atoms with Crippen molar-refractivity contribution in [3.05, 3.63) is 35.0 Å². The minimum Gasteiger partial charge on any atom is -0.383 e. The van der Waals surface area contributed by atoms with Gasteiger partial charge in [-0.3, -0.25) is 9.59 Å². The third-order valence-electron chi connectivity index (χ3n) is 6.04. The molecule has 2 bridgehead atoms. The second kappa shape index (κ2) is 7.00. The van der Waals surface area contributed by atoms with Crippen LogP contribution in [-0.4, -0.2) is 66.0 Å². The van der Waals surface area contributed by atoms with Gasteiger partial charge in [-0.05, 0) is 44.4 Å². The van der Waals surface area contributed by atoms with E-state index in [4.69, 9.17) is 4.74 Å². The fourth-order valence-corrected chi connectivity index (χ4v) is 4.50. The van der Waals surface area contributed by atoms with Gasteiger partial charge in [0.2, 0.25) is 5.91 Å². The number of benzene rings is 1. The maximum atomic E-state index is 13.3. The van der Waals surface area contributed by atoms with E-state index in [2.05, 4.69) is 18.0 Å². The number of nitrogens with zero attached hydrogens (tertiary/aromatic N) is 2. The Labute approximate surface area is 159 Å². The number of ether oxygens (including phenoxy) is 1. The average molecular weight is 369 g/mol. The summed E-state index contributed by atoms with van der Waals surface area (Å²) in [4.78, 5) is 33.2. The van der Waals surface area contributed by atoms with Gasteiger partial charge >= 0.3 is 0 Å². The van der Waals surface area contributed by atoms with E-state index in [0.717, 1.165) is 29.3 Å². The van der Waals surface area contributed by atoms with Crippen molar-refractivity contribution in [3.63, 3.8) is 0 Å². The molecular weight excluding hydrogens is 342 g/mol. The van der Waals surface area contributed by atoms with Gasteiger partial charge in [-0.1, -0.05) is 11.6 Å². The summed E-state index contributed by atoms with van der Waals surface area (Å²) in [5.74, 6) is 0.0683. The number of aromatic nitrogens is 1. The summed E-state index contributed by atoms with van der Waals surface area (Å²) in [5, 5.41) is 1.09. The number of nitrogens with one attached hydrogen (secondary N) is 1. The summed E-state index contributed by atoms with van der Waals surface area (Å²) in [5.41, 5.74) is 3.79. The van der Waals surface area contributed by atoms with Crippen LogP contribution in [0.3, 0.4) is 0 Å². The molecule has 144 valence electrons. The Bertz CT molecular complexity index is 888. The van der Waals surface area contributed by atoms with E-state index in [9.17, 15) is 9.59 Å². The maximum absolute atomic E-state index is 13.3. The van der Waals surface area contributed by atoms with E-state index in [1.165, 1.54) is 5.56 Å². The molecule has 0 aliphatic carbocycles. The number of aryl methyl sites for hydroxylation is 2. The Morgan fingerprint density at radius 1 is 1.26 bits per heavy atom. The SMILES string of the molecule is COCCN1C(=O)[C@H]2CC[C@@H]1CN(C(=O)c1[nH]c3ccc(C)cc3c1C)C2. The largest absolute Gasteiger partial charge is 0.383 e. The summed E-state index contributed by atoms with van der Waals surface area (Å²) in [7, 11) is 1.65. The van der Waals surface area contributed by atoms with Crippen molar-refractivity contribution in [1.82, 2.24) is 14.8 Å². The number of carbonyl (C=O) groups is 2. The predicted octanol–water partition coefficient (Wildman–Crippen LogP) is 2.49. The van der Waals surface area contributed by atoms with Gasteiger partial charge in [0, 0.05) is 43.7 Å². The highest BCUT2D eigenvalue weighted by atomic mass is 16.5. The van der Waals surface area contributed by atoms with Crippen LogP contribution < -0.4 is 0 Å². The van der Waals surface area contributed by atoms with E-state index in [0.29, 0.717) is 31.9 Å². The molecule has 4 heterocycles. The minimum atomic E-state index is -0.100. The molecule has 2 atom stereocenters. The zero-order chi connectivity index (χ0) is 19.1. The monoisotopic (exact) mass is 369 g/mol. The minimum absolute atomic E-state index is 0.000329. The van der Waals surface area contributed by atoms with Crippen LogP contribution in [0, 0.1) is 19.8 Å². The highest BCUT2D eigenvalue weighted by Crippen LogP contribution is 2.31. The Hall–Kier alpha value is -2.34. The molecule has 3 fully saturated rings. The first kappa shape index (κ1) is 18.0. The number of hydrogen-bond donors (Lipinski definition) is 1. The highest BCUT2D eigenvalue weighted by molar-refractivity contribution is 6.01. The lowest BCUT2D eigenvalue weighted by atomic mass is 9.94. The van der Waals surface area contributed by atoms with E-state index in [1.54, 1.807) is 7.11 Å². The lowest BCUT2D eigenvalue weighted by molar-refractivity contribution is -0.140. The van der Waals surface area contributed by atoms with Gasteiger partial charge in [-0.2, -0.15) is 0 Å². The fraction of sp³-hybridized carbons (Fsp3) is 0.524. The Morgan fingerprint density at radius 2 is 2.07 bits per heavy atom. The van der Waals surface area contributed by atoms with E-state index in [1.807, 2.05) is 28.9 Å². The summed E-state index contributed by atoms with van der Waals surface area (Å²) < 4.78 is 5.16. The number of carbonyl (C=O) groups excluding carboxylic acids is 2. The molecule has 0 saturated carbocycles. The first-order valence-corrected chi connectivity index (χ1v) is 9.67. The standard InChI is InChI=1S/C21H27N3O3/c1-13-4-7-18-17(10-13)14(2)19(22-18)21(26)23-11-15-5-6-16(12-23)24(20(15)25)8-9-27-3/h4,7,10,15-16,22H,5-6,8-9,11-12H2,1-3H3/t15-,16+/m0/s1. The molecule has 2 aromatic rings. The number of piperidine rings is 1. The molecule has 3 saturated heterocycles. The zero-order valence-corrected chi connectivity index (χ0v) is 16.2. The molecule has 2 amide bonds. The molecule has 5 rings (SSSR count). The molecule has 6 nitrogen and oxygen atoms in total. The average Bonchev–Trinajstić information content (AvgIpc) is 2.81. The number of methoxy groups -OCH3 is 1. The van der Waals surface area contributed by atoms with Crippen LogP contribution in [0.5, 0.6) is 0 Å². The maximum Gasteiger partial charge on any atom is 0.270 e. The van der Waals surface area contributed by atoms with Crippen molar-refractivity contribution in [2.45, 2.75) is 32.7 Å². The molecule has 0 unspecified atom stereocenters. The molecule has 0 spiro atoms. The van der Waals surface area contributed by atoms with Crippen LogP contribution in [0.15, 0.2) is 18.2 Å². The Kier molecular flexibility index (Phi) is 4.68. The number of H-pyrrole nitrogens is 1. The van der Waals surface area contributed by atoms with Crippen molar-refractivity contribution in [2.24, 2.45) is 5.92 Å². The van der Waals surface area contributed by atoms with Crippen LogP contribution in [0.4, 0.5) is 0 Å². The normalized spacial score (nSPS) is 22.6. The van der Waals surface area contributed by atoms with Crippen molar-refractivity contribution in [2.75, 3.05) is 33.4 Å². The molecule has 0 radical (unpaired) electrons. The van der Waals surface area contributed by atoms with Gasteiger partial charge in [-0.15, -0.1) is 0 Å². The predicted molar refractivity (Wildman–Crippen MR) is 104 cm³/mol. The second-order valence-electron chi connectivity index (χ2n) is 7.84. The molecule has 27 heavy (non-hydrogen) atoms. The van der Waals surface area contributed by atoms with Crippen molar-refractivity contribution < 1.29 is 14.3 Å². The Balaban J connectivity index is 1.62. The Morgan fingerprint density at radius 3 is 2.85 bits per heavy atom. The van der Waals surface area contributed by atoms with Gasteiger partial charge in [0.15, 0.2) is 0 Å². The fourth-order valence-electron chi connectivity index (χ4n) is 4.50. The van der Waals surface area contributed by atoms with Crippen LogP contribution >= 0.6 is 0 Å². The summed E-state index contributed by atoms with van der Waals surface area (Å²) in [6, 6.07) is 6.27. The number of amides is 2. The van der Waals surface area contributed by atoms with E-state index >= 15 is 0 Å². The molecule has 3 aliphatic heterocycles. The zero-order valence-electron chi connectivity index (χ0n) is 16.2. The lowest BCUT2D eigenvalue weighted by Gasteiger charge is -2.35. The smallest absolute Gasteiger partial charge is 0.270 e. The molecule has 1 aromatic heterocycles. The first-order valence-electron chi connectivity index (χ1n) is 9.67. The van der Waals surface area contributed by atoms with Gasteiger partial charge in [-0.25, -0.2) is 0 Å². The van der Waals surface area contributed by atoms with E-state index in [-0.39, 0.29) is 23.8 Å². The molecule has 3 aliphatic rings.